The summed E-state index contributed by atoms with van der Waals surface area (Å²) in [4.78, 5) is 15.1. The smallest absolute Gasteiger partial charge is 0.410 e. The Balaban J connectivity index is 6.57. The van der Waals surface area contributed by atoms with Gasteiger partial charge in [0.15, 0.2) is 0 Å². The molecule has 0 radical (unpaired) electrons. The molecule has 0 N–H and O–H groups in total. The first-order valence-corrected chi connectivity index (χ1v) is 9.89. The van der Waals surface area contributed by atoms with Crippen LogP contribution in [0.2, 0.25) is 0 Å². The van der Waals surface area contributed by atoms with Gasteiger partial charge in [0.25, 0.3) is 0 Å². The molecule has 3 heteroatoms. The third-order valence-corrected chi connectivity index (χ3v) is 6.75. The number of hydrogen-bond acceptors (Lipinski definition) is 2. The van der Waals surface area contributed by atoms with E-state index < -0.39 is 0 Å². The summed E-state index contributed by atoms with van der Waals surface area (Å²) in [5.74, 6) is 0.939. The third-order valence-electron chi connectivity index (χ3n) is 6.75. The molecule has 0 saturated heterocycles. The van der Waals surface area contributed by atoms with E-state index in [1.54, 1.807) is 0 Å². The summed E-state index contributed by atoms with van der Waals surface area (Å²) in [6.07, 6.45) is 2.69. The number of amides is 1. The van der Waals surface area contributed by atoms with Gasteiger partial charge in [-0.2, -0.15) is 0 Å². The van der Waals surface area contributed by atoms with Crippen LogP contribution < -0.4 is 0 Å². The SMILES string of the molecule is CCOC(=O)N(C(C)(C)CC)C(C)(CC)C(CC)(C(C)C)C(C)C. The zero-order chi connectivity index (χ0) is 19.3. The Kier molecular flexibility index (Phi) is 8.32. The van der Waals surface area contributed by atoms with Gasteiger partial charge in [0, 0.05) is 11.1 Å². The third kappa shape index (κ3) is 3.75. The highest BCUT2D eigenvalue weighted by Gasteiger charge is 2.57. The van der Waals surface area contributed by atoms with Crippen LogP contribution in [0.5, 0.6) is 0 Å². The first-order valence-electron chi connectivity index (χ1n) is 9.89. The maximum atomic E-state index is 13.1. The quantitative estimate of drug-likeness (QED) is 0.478. The monoisotopic (exact) mass is 341 g/mol. The predicted octanol–water partition coefficient (Wildman–Crippen LogP) is 6.51. The zero-order valence-electron chi connectivity index (χ0n) is 18.2. The van der Waals surface area contributed by atoms with Gasteiger partial charge in [-0.3, -0.25) is 4.90 Å². The summed E-state index contributed by atoms with van der Waals surface area (Å²) in [5, 5.41) is 0. The number of hydrogen-bond donors (Lipinski definition) is 0. The lowest BCUT2D eigenvalue weighted by atomic mass is 9.54. The van der Waals surface area contributed by atoms with E-state index in [4.69, 9.17) is 4.74 Å². The van der Waals surface area contributed by atoms with E-state index in [9.17, 15) is 4.79 Å². The minimum atomic E-state index is -0.268. The van der Waals surface area contributed by atoms with Crippen LogP contribution in [0.4, 0.5) is 4.79 Å². The standard InChI is InChI=1S/C21H43NO2/c1-12-19(9,10)22(18(23)24-15-4)20(11,13-2)21(14-3,16(5)6)17(7)8/h16-17H,12-15H2,1-11H3. The van der Waals surface area contributed by atoms with Crippen LogP contribution in [0.25, 0.3) is 0 Å². The Labute approximate surface area is 151 Å². The second-order valence-corrected chi connectivity index (χ2v) is 8.53. The normalized spacial score (nSPS) is 15.5. The van der Waals surface area contributed by atoms with Crippen molar-refractivity contribution in [3.8, 4) is 0 Å². The molecule has 0 aliphatic rings. The molecule has 0 fully saturated rings. The van der Waals surface area contributed by atoms with Crippen molar-refractivity contribution in [3.63, 3.8) is 0 Å². The number of ether oxygens (including phenoxy) is 1. The molecule has 1 unspecified atom stereocenters. The first-order chi connectivity index (χ1) is 10.9. The largest absolute Gasteiger partial charge is 0.450 e. The number of carbonyl (C=O) groups is 1. The van der Waals surface area contributed by atoms with Crippen LogP contribution in [0.1, 0.15) is 95.4 Å². The van der Waals surface area contributed by atoms with Gasteiger partial charge in [-0.25, -0.2) is 4.79 Å². The van der Waals surface area contributed by atoms with Gasteiger partial charge in [0.05, 0.1) is 6.61 Å². The molecule has 0 aliphatic heterocycles. The Hall–Kier alpha value is -0.730. The van der Waals surface area contributed by atoms with Gasteiger partial charge in [0.2, 0.25) is 0 Å². The van der Waals surface area contributed by atoms with Crippen molar-refractivity contribution in [2.75, 3.05) is 6.61 Å². The maximum Gasteiger partial charge on any atom is 0.410 e. The minimum Gasteiger partial charge on any atom is -0.450 e. The summed E-state index contributed by atoms with van der Waals surface area (Å²) < 4.78 is 5.53. The minimum absolute atomic E-state index is 0.0287. The Morgan fingerprint density at radius 2 is 1.33 bits per heavy atom. The molecule has 0 aromatic heterocycles. The van der Waals surface area contributed by atoms with Crippen LogP contribution >= 0.6 is 0 Å². The van der Waals surface area contributed by atoms with E-state index in [2.05, 4.69) is 74.1 Å². The topological polar surface area (TPSA) is 29.5 Å². The summed E-state index contributed by atoms with van der Waals surface area (Å²) >= 11 is 0. The highest BCUT2D eigenvalue weighted by Crippen LogP contribution is 2.54. The average molecular weight is 342 g/mol. The molecule has 0 spiro atoms. The van der Waals surface area contributed by atoms with Gasteiger partial charge in [-0.1, -0.05) is 48.5 Å². The van der Waals surface area contributed by atoms with Crippen molar-refractivity contribution in [2.45, 2.75) is 107 Å². The number of rotatable bonds is 9. The summed E-state index contributed by atoms with van der Waals surface area (Å²) in [6, 6.07) is 0. The molecule has 144 valence electrons. The molecule has 0 aliphatic carbocycles. The van der Waals surface area contributed by atoms with Crippen molar-refractivity contribution in [2.24, 2.45) is 17.3 Å². The molecule has 0 saturated carbocycles. The fourth-order valence-electron chi connectivity index (χ4n) is 5.27. The summed E-state index contributed by atoms with van der Waals surface area (Å²) in [6.45, 7) is 24.8. The van der Waals surface area contributed by atoms with E-state index in [0.717, 1.165) is 19.3 Å². The molecular formula is C21H43NO2. The number of nitrogens with zero attached hydrogens (tertiary/aromatic N) is 1. The van der Waals surface area contributed by atoms with Gasteiger partial charge >= 0.3 is 6.09 Å². The molecule has 1 amide bonds. The molecule has 0 bridgehead atoms. The highest BCUT2D eigenvalue weighted by atomic mass is 16.6. The van der Waals surface area contributed by atoms with Crippen LogP contribution in [0.3, 0.4) is 0 Å². The molecule has 0 aromatic carbocycles. The van der Waals surface area contributed by atoms with Crippen LogP contribution in [0.15, 0.2) is 0 Å². The Bertz CT molecular complexity index is 393. The molecule has 0 heterocycles. The highest BCUT2D eigenvalue weighted by molar-refractivity contribution is 5.70. The second kappa shape index (κ2) is 8.58. The molecule has 0 aromatic rings. The van der Waals surface area contributed by atoms with E-state index in [1.165, 1.54) is 0 Å². The molecular weight excluding hydrogens is 298 g/mol. The molecule has 0 rings (SSSR count). The van der Waals surface area contributed by atoms with Crippen molar-refractivity contribution in [1.82, 2.24) is 4.90 Å². The van der Waals surface area contributed by atoms with E-state index in [-0.39, 0.29) is 22.6 Å². The fraction of sp³-hybridized carbons (Fsp3) is 0.952. The van der Waals surface area contributed by atoms with Crippen LogP contribution in [-0.2, 0) is 4.74 Å². The van der Waals surface area contributed by atoms with Crippen LogP contribution in [0, 0.1) is 17.3 Å². The van der Waals surface area contributed by atoms with E-state index in [1.807, 2.05) is 6.92 Å². The lowest BCUT2D eigenvalue weighted by Crippen LogP contribution is -2.68. The first kappa shape index (κ1) is 23.3. The van der Waals surface area contributed by atoms with Crippen molar-refractivity contribution in [3.05, 3.63) is 0 Å². The zero-order valence-corrected chi connectivity index (χ0v) is 18.2. The lowest BCUT2D eigenvalue weighted by Gasteiger charge is -2.61. The Morgan fingerprint density at radius 3 is 1.58 bits per heavy atom. The van der Waals surface area contributed by atoms with Gasteiger partial charge in [-0.05, 0) is 64.2 Å². The van der Waals surface area contributed by atoms with Gasteiger partial charge in [-0.15, -0.1) is 0 Å². The molecule has 1 atom stereocenters. The lowest BCUT2D eigenvalue weighted by molar-refractivity contribution is -0.115. The van der Waals surface area contributed by atoms with Crippen molar-refractivity contribution >= 4 is 6.09 Å². The summed E-state index contributed by atoms with van der Waals surface area (Å²) in [7, 11) is 0. The maximum absolute atomic E-state index is 13.1. The number of carbonyl (C=O) groups excluding carboxylic acids is 1. The average Bonchev–Trinajstić information content (AvgIpc) is 2.47. The van der Waals surface area contributed by atoms with Gasteiger partial charge in [0.1, 0.15) is 0 Å². The van der Waals surface area contributed by atoms with E-state index >= 15 is 0 Å². The van der Waals surface area contributed by atoms with Crippen LogP contribution in [-0.4, -0.2) is 28.7 Å². The predicted molar refractivity (Wildman–Crippen MR) is 104 cm³/mol. The van der Waals surface area contributed by atoms with Gasteiger partial charge < -0.3 is 4.74 Å². The Morgan fingerprint density at radius 1 is 0.875 bits per heavy atom. The molecule has 24 heavy (non-hydrogen) atoms. The fourth-order valence-corrected chi connectivity index (χ4v) is 5.27. The second-order valence-electron chi connectivity index (χ2n) is 8.53. The summed E-state index contributed by atoms with van der Waals surface area (Å²) in [5.41, 5.74) is -0.488. The van der Waals surface area contributed by atoms with Crippen molar-refractivity contribution < 1.29 is 9.53 Å². The van der Waals surface area contributed by atoms with Crippen molar-refractivity contribution in [1.29, 1.82) is 0 Å². The van der Waals surface area contributed by atoms with E-state index in [0.29, 0.717) is 18.4 Å². The molecule has 3 nitrogen and oxygen atoms in total.